The van der Waals surface area contributed by atoms with E-state index in [1.165, 1.54) is 5.56 Å². The molecule has 1 atom stereocenters. The summed E-state index contributed by atoms with van der Waals surface area (Å²) in [5.74, 6) is -0.378. The molecule has 0 radical (unpaired) electrons. The SMILES string of the molecule is CCOC(=O)C(N)c1cn(C(C)C)c2c(C)cccc12. The number of ether oxygens (including phenoxy) is 1. The maximum absolute atomic E-state index is 11.9. The van der Waals surface area contributed by atoms with Gasteiger partial charge in [-0.25, -0.2) is 4.79 Å². The standard InChI is InChI=1S/C16H22N2O2/c1-5-20-16(19)14(17)13-9-18(10(2)3)15-11(4)7-6-8-12(13)15/h6-10,14H,5,17H2,1-4H3. The highest BCUT2D eigenvalue weighted by Crippen LogP contribution is 2.30. The molecule has 0 saturated carbocycles. The topological polar surface area (TPSA) is 57.2 Å². The summed E-state index contributed by atoms with van der Waals surface area (Å²) in [5, 5.41) is 1.03. The maximum Gasteiger partial charge on any atom is 0.327 e. The van der Waals surface area contributed by atoms with Crippen LogP contribution >= 0.6 is 0 Å². The summed E-state index contributed by atoms with van der Waals surface area (Å²) in [5.41, 5.74) is 9.21. The van der Waals surface area contributed by atoms with E-state index in [4.69, 9.17) is 10.5 Å². The van der Waals surface area contributed by atoms with Gasteiger partial charge >= 0.3 is 5.97 Å². The minimum absolute atomic E-state index is 0.307. The molecule has 1 aromatic heterocycles. The lowest BCUT2D eigenvalue weighted by Crippen LogP contribution is -2.23. The molecule has 0 spiro atoms. The number of carbonyl (C=O) groups excluding carboxylic acids is 1. The number of hydrogen-bond acceptors (Lipinski definition) is 3. The van der Waals surface area contributed by atoms with Gasteiger partial charge in [-0.3, -0.25) is 0 Å². The molecule has 20 heavy (non-hydrogen) atoms. The smallest absolute Gasteiger partial charge is 0.327 e. The van der Waals surface area contributed by atoms with Gasteiger partial charge in [0.05, 0.1) is 12.1 Å². The average molecular weight is 274 g/mol. The fourth-order valence-corrected chi connectivity index (χ4v) is 2.53. The van der Waals surface area contributed by atoms with Crippen LogP contribution in [0.15, 0.2) is 24.4 Å². The lowest BCUT2D eigenvalue weighted by atomic mass is 10.0. The van der Waals surface area contributed by atoms with Crippen molar-refractivity contribution in [2.75, 3.05) is 6.61 Å². The van der Waals surface area contributed by atoms with Crippen LogP contribution < -0.4 is 5.73 Å². The van der Waals surface area contributed by atoms with Crippen LogP contribution in [-0.2, 0) is 9.53 Å². The second-order valence-electron chi connectivity index (χ2n) is 5.29. The Morgan fingerprint density at radius 1 is 1.40 bits per heavy atom. The molecule has 2 rings (SSSR count). The van der Waals surface area contributed by atoms with Crippen LogP contribution in [0.1, 0.15) is 44.0 Å². The van der Waals surface area contributed by atoms with Crippen LogP contribution in [0.2, 0.25) is 0 Å². The number of esters is 1. The van der Waals surface area contributed by atoms with E-state index in [0.717, 1.165) is 16.5 Å². The zero-order valence-electron chi connectivity index (χ0n) is 12.5. The van der Waals surface area contributed by atoms with Gasteiger partial charge in [0.15, 0.2) is 0 Å². The third kappa shape index (κ3) is 2.43. The molecule has 1 unspecified atom stereocenters. The first-order valence-electron chi connectivity index (χ1n) is 6.99. The first-order valence-corrected chi connectivity index (χ1v) is 6.99. The molecule has 0 bridgehead atoms. The van der Waals surface area contributed by atoms with E-state index >= 15 is 0 Å². The molecule has 2 aromatic rings. The number of nitrogens with two attached hydrogens (primary N) is 1. The largest absolute Gasteiger partial charge is 0.465 e. The second-order valence-corrected chi connectivity index (χ2v) is 5.29. The van der Waals surface area contributed by atoms with Crippen LogP contribution in [-0.4, -0.2) is 17.1 Å². The number of hydrogen-bond donors (Lipinski definition) is 1. The highest BCUT2D eigenvalue weighted by atomic mass is 16.5. The van der Waals surface area contributed by atoms with E-state index in [9.17, 15) is 4.79 Å². The number of aryl methyl sites for hydroxylation is 1. The Bertz CT molecular complexity index is 629. The Hall–Kier alpha value is -1.81. The van der Waals surface area contributed by atoms with Crippen molar-refractivity contribution in [3.8, 4) is 0 Å². The van der Waals surface area contributed by atoms with Crippen molar-refractivity contribution in [3.63, 3.8) is 0 Å². The predicted octanol–water partition coefficient (Wildman–Crippen LogP) is 3.09. The van der Waals surface area contributed by atoms with Gasteiger partial charge in [-0.2, -0.15) is 0 Å². The molecule has 108 valence electrons. The summed E-state index contributed by atoms with van der Waals surface area (Å²) in [4.78, 5) is 11.9. The Kier molecular flexibility index (Phi) is 4.14. The fraction of sp³-hybridized carbons (Fsp3) is 0.438. The number of nitrogens with zero attached hydrogens (tertiary/aromatic N) is 1. The fourth-order valence-electron chi connectivity index (χ4n) is 2.53. The van der Waals surface area contributed by atoms with E-state index in [-0.39, 0.29) is 5.97 Å². The number of rotatable bonds is 4. The number of benzene rings is 1. The van der Waals surface area contributed by atoms with Crippen LogP contribution in [0, 0.1) is 6.92 Å². The van der Waals surface area contributed by atoms with Crippen molar-refractivity contribution >= 4 is 16.9 Å². The molecule has 0 aliphatic rings. The monoisotopic (exact) mass is 274 g/mol. The molecule has 2 N–H and O–H groups in total. The van der Waals surface area contributed by atoms with Crippen molar-refractivity contribution in [1.29, 1.82) is 0 Å². The highest BCUT2D eigenvalue weighted by molar-refractivity contribution is 5.91. The van der Waals surface area contributed by atoms with Gasteiger partial charge < -0.3 is 15.0 Å². The van der Waals surface area contributed by atoms with Gasteiger partial charge in [0.2, 0.25) is 0 Å². The zero-order valence-corrected chi connectivity index (χ0v) is 12.5. The first-order chi connectivity index (χ1) is 9.47. The van der Waals surface area contributed by atoms with E-state index in [2.05, 4.69) is 31.4 Å². The molecule has 0 aliphatic carbocycles. The third-order valence-corrected chi connectivity index (χ3v) is 3.52. The summed E-state index contributed by atoms with van der Waals surface area (Å²) in [7, 11) is 0. The molecule has 0 fully saturated rings. The average Bonchev–Trinajstić information content (AvgIpc) is 2.79. The summed E-state index contributed by atoms with van der Waals surface area (Å²) in [6.45, 7) is 8.43. The van der Waals surface area contributed by atoms with E-state index in [1.54, 1.807) is 6.92 Å². The van der Waals surface area contributed by atoms with E-state index < -0.39 is 6.04 Å². The van der Waals surface area contributed by atoms with Crippen LogP contribution in [0.3, 0.4) is 0 Å². The quantitative estimate of drug-likeness (QED) is 0.872. The number of carbonyl (C=O) groups is 1. The number of para-hydroxylation sites is 1. The molecular weight excluding hydrogens is 252 g/mol. The van der Waals surface area contributed by atoms with Crippen molar-refractivity contribution in [2.24, 2.45) is 5.73 Å². The Balaban J connectivity index is 2.60. The molecule has 1 heterocycles. The van der Waals surface area contributed by atoms with Gasteiger partial charge in [-0.1, -0.05) is 18.2 Å². The first kappa shape index (κ1) is 14.6. The zero-order chi connectivity index (χ0) is 14.9. The van der Waals surface area contributed by atoms with Crippen molar-refractivity contribution in [1.82, 2.24) is 4.57 Å². The van der Waals surface area contributed by atoms with Crippen LogP contribution in [0.25, 0.3) is 10.9 Å². The van der Waals surface area contributed by atoms with Crippen molar-refractivity contribution < 1.29 is 9.53 Å². The minimum Gasteiger partial charge on any atom is -0.465 e. The van der Waals surface area contributed by atoms with Gasteiger partial charge in [0, 0.05) is 23.2 Å². The van der Waals surface area contributed by atoms with Gasteiger partial charge in [0.1, 0.15) is 6.04 Å². The van der Waals surface area contributed by atoms with Crippen LogP contribution in [0.5, 0.6) is 0 Å². The van der Waals surface area contributed by atoms with E-state index in [0.29, 0.717) is 12.6 Å². The summed E-state index contributed by atoms with van der Waals surface area (Å²) < 4.78 is 7.20. The van der Waals surface area contributed by atoms with Gasteiger partial charge in [0.25, 0.3) is 0 Å². The maximum atomic E-state index is 11.9. The molecule has 4 nitrogen and oxygen atoms in total. The second kappa shape index (κ2) is 5.67. The van der Waals surface area contributed by atoms with Crippen molar-refractivity contribution in [3.05, 3.63) is 35.5 Å². The third-order valence-electron chi connectivity index (χ3n) is 3.52. The Morgan fingerprint density at radius 2 is 2.10 bits per heavy atom. The summed E-state index contributed by atoms with van der Waals surface area (Å²) >= 11 is 0. The molecule has 0 amide bonds. The number of aromatic nitrogens is 1. The molecule has 4 heteroatoms. The van der Waals surface area contributed by atoms with Crippen molar-refractivity contribution in [2.45, 2.75) is 39.8 Å². The van der Waals surface area contributed by atoms with Crippen LogP contribution in [0.4, 0.5) is 0 Å². The molecular formula is C16H22N2O2. The van der Waals surface area contributed by atoms with Gasteiger partial charge in [-0.15, -0.1) is 0 Å². The molecule has 0 saturated heterocycles. The lowest BCUT2D eigenvalue weighted by molar-refractivity contribution is -0.144. The number of fused-ring (bicyclic) bond motifs is 1. The Morgan fingerprint density at radius 3 is 2.70 bits per heavy atom. The van der Waals surface area contributed by atoms with E-state index in [1.807, 2.05) is 18.3 Å². The molecule has 1 aromatic carbocycles. The summed E-state index contributed by atoms with van der Waals surface area (Å²) in [6, 6.07) is 5.64. The highest BCUT2D eigenvalue weighted by Gasteiger charge is 2.23. The lowest BCUT2D eigenvalue weighted by Gasteiger charge is -2.10. The molecule has 0 aliphatic heterocycles. The summed E-state index contributed by atoms with van der Waals surface area (Å²) in [6.07, 6.45) is 1.98. The Labute approximate surface area is 119 Å². The predicted molar refractivity (Wildman–Crippen MR) is 80.6 cm³/mol. The normalized spacial score (nSPS) is 12.9. The minimum atomic E-state index is -0.737. The van der Waals surface area contributed by atoms with Gasteiger partial charge in [-0.05, 0) is 33.3 Å².